The van der Waals surface area contributed by atoms with Gasteiger partial charge < -0.3 is 28.6 Å². The number of hydrogen-bond acceptors (Lipinski definition) is 7. The van der Waals surface area contributed by atoms with Gasteiger partial charge in [-0.25, -0.2) is 0 Å². The van der Waals surface area contributed by atoms with Crippen LogP contribution in [0.3, 0.4) is 0 Å². The Labute approximate surface area is 383 Å². The molecule has 0 spiro atoms. The summed E-state index contributed by atoms with van der Waals surface area (Å²) in [6.07, 6.45) is 52.1. The first-order chi connectivity index (χ1) is 30.1. The lowest BCUT2D eigenvalue weighted by atomic mass is 10.0. The highest BCUT2D eigenvalue weighted by atomic mass is 16.6. The molecule has 8 heteroatoms. The fraction of sp³-hybridized carbons (Fsp3) is 0.870. The number of esters is 2. The lowest BCUT2D eigenvalue weighted by molar-refractivity contribution is -0.889. The molecule has 0 fully saturated rings. The van der Waals surface area contributed by atoms with E-state index in [9.17, 15) is 19.5 Å². The van der Waals surface area contributed by atoms with Crippen molar-refractivity contribution in [3.63, 3.8) is 0 Å². The molecule has 0 aromatic carbocycles. The molecule has 0 saturated heterocycles. The van der Waals surface area contributed by atoms with Gasteiger partial charge in [0.25, 0.3) is 0 Å². The maximum Gasteiger partial charge on any atom is 0.306 e. The van der Waals surface area contributed by atoms with Crippen LogP contribution in [-0.4, -0.2) is 75.5 Å². The molecule has 0 amide bonds. The third-order valence-electron chi connectivity index (χ3n) is 12.1. The fourth-order valence-corrected chi connectivity index (χ4v) is 7.99. The maximum atomic E-state index is 12.8. The van der Waals surface area contributed by atoms with Gasteiger partial charge in [0.05, 0.1) is 40.3 Å². The summed E-state index contributed by atoms with van der Waals surface area (Å²) in [6.45, 7) is 4.67. The smallest absolute Gasteiger partial charge is 0.306 e. The van der Waals surface area contributed by atoms with Crippen molar-refractivity contribution >= 4 is 17.9 Å². The number of allylic oxidation sites excluding steroid dienone is 4. The van der Waals surface area contributed by atoms with Gasteiger partial charge in [-0.2, -0.15) is 0 Å². The topological polar surface area (TPSA) is 102 Å². The van der Waals surface area contributed by atoms with Crippen LogP contribution in [-0.2, 0) is 28.6 Å². The summed E-state index contributed by atoms with van der Waals surface area (Å²) in [5.74, 6) is -1.73. The van der Waals surface area contributed by atoms with Gasteiger partial charge in [0.2, 0.25) is 0 Å². The van der Waals surface area contributed by atoms with Crippen LogP contribution < -0.4 is 5.11 Å². The van der Waals surface area contributed by atoms with Crippen LogP contribution in [0.2, 0.25) is 0 Å². The minimum atomic E-state index is -1.12. The van der Waals surface area contributed by atoms with E-state index >= 15 is 0 Å². The van der Waals surface area contributed by atoms with Gasteiger partial charge in [-0.3, -0.25) is 9.59 Å². The molecule has 0 bridgehead atoms. The van der Waals surface area contributed by atoms with E-state index in [0.717, 1.165) is 51.4 Å². The van der Waals surface area contributed by atoms with E-state index in [4.69, 9.17) is 14.2 Å². The fourth-order valence-electron chi connectivity index (χ4n) is 7.99. The Morgan fingerprint density at radius 1 is 0.484 bits per heavy atom. The Bertz CT molecular complexity index is 1070. The summed E-state index contributed by atoms with van der Waals surface area (Å²) in [4.78, 5) is 37.0. The van der Waals surface area contributed by atoms with Crippen LogP contribution in [0.4, 0.5) is 0 Å². The van der Waals surface area contributed by atoms with E-state index in [-0.39, 0.29) is 42.7 Å². The number of carboxylic acid groups (broad SMARTS) is 1. The Hall–Kier alpha value is -2.19. The number of carboxylic acids is 1. The van der Waals surface area contributed by atoms with Crippen molar-refractivity contribution in [3.8, 4) is 0 Å². The largest absolute Gasteiger partial charge is 0.544 e. The maximum absolute atomic E-state index is 12.8. The van der Waals surface area contributed by atoms with Gasteiger partial charge >= 0.3 is 11.9 Å². The van der Waals surface area contributed by atoms with Gasteiger partial charge in [0, 0.05) is 19.3 Å². The zero-order valence-corrected chi connectivity index (χ0v) is 41.6. The summed E-state index contributed by atoms with van der Waals surface area (Å²) in [7, 11) is 5.42. The quantitative estimate of drug-likeness (QED) is 0.0260. The summed E-state index contributed by atoms with van der Waals surface area (Å²) in [5.41, 5.74) is 0. The van der Waals surface area contributed by atoms with Crippen LogP contribution in [0.5, 0.6) is 0 Å². The molecule has 62 heavy (non-hydrogen) atoms. The second-order valence-corrected chi connectivity index (χ2v) is 19.1. The van der Waals surface area contributed by atoms with Gasteiger partial charge in [-0.1, -0.05) is 212 Å². The van der Waals surface area contributed by atoms with Crippen molar-refractivity contribution in [1.82, 2.24) is 0 Å². The average Bonchev–Trinajstić information content (AvgIpc) is 3.23. The second kappa shape index (κ2) is 45.4. The lowest BCUT2D eigenvalue weighted by Gasteiger charge is -2.34. The summed E-state index contributed by atoms with van der Waals surface area (Å²) in [6, 6.07) is -0.725. The Morgan fingerprint density at radius 3 is 1.27 bits per heavy atom. The molecule has 8 nitrogen and oxygen atoms in total. The molecule has 2 atom stereocenters. The molecular weight excluding hydrogens is 775 g/mol. The van der Waals surface area contributed by atoms with E-state index < -0.39 is 18.1 Å². The highest BCUT2D eigenvalue weighted by molar-refractivity contribution is 5.70. The molecule has 0 aromatic heterocycles. The number of hydrogen-bond donors (Lipinski definition) is 0. The number of carbonyl (C=O) groups is 3. The van der Waals surface area contributed by atoms with Crippen molar-refractivity contribution in [3.05, 3.63) is 24.3 Å². The van der Waals surface area contributed by atoms with Crippen LogP contribution >= 0.6 is 0 Å². The first kappa shape index (κ1) is 59.8. The third-order valence-corrected chi connectivity index (χ3v) is 12.1. The number of unbranched alkanes of at least 4 members (excludes halogenated alkanes) is 30. The summed E-state index contributed by atoms with van der Waals surface area (Å²) < 4.78 is 17.3. The van der Waals surface area contributed by atoms with E-state index in [2.05, 4.69) is 38.2 Å². The molecule has 0 aromatic rings. The molecule has 2 unspecified atom stereocenters. The van der Waals surface area contributed by atoms with Crippen molar-refractivity contribution in [1.29, 1.82) is 0 Å². The van der Waals surface area contributed by atoms with Crippen molar-refractivity contribution in [2.24, 2.45) is 0 Å². The van der Waals surface area contributed by atoms with E-state index in [1.165, 1.54) is 167 Å². The highest BCUT2D eigenvalue weighted by Gasteiger charge is 2.25. The molecule has 0 radical (unpaired) electrons. The number of nitrogens with zero attached hydrogens (tertiary/aromatic N) is 1. The molecule has 364 valence electrons. The normalized spacial score (nSPS) is 13.0. The second-order valence-electron chi connectivity index (χ2n) is 19.1. The molecule has 0 N–H and O–H groups in total. The number of rotatable bonds is 48. The van der Waals surface area contributed by atoms with E-state index in [1.807, 2.05) is 21.1 Å². The van der Waals surface area contributed by atoms with E-state index in [1.54, 1.807) is 0 Å². The van der Waals surface area contributed by atoms with Crippen LogP contribution in [0.25, 0.3) is 0 Å². The Balaban J connectivity index is 4.20. The monoisotopic (exact) mass is 876 g/mol. The molecule has 0 saturated carbocycles. The minimum Gasteiger partial charge on any atom is -0.544 e. The van der Waals surface area contributed by atoms with Crippen LogP contribution in [0.15, 0.2) is 24.3 Å². The van der Waals surface area contributed by atoms with Crippen molar-refractivity contribution in [2.45, 2.75) is 264 Å². The molecule has 0 heterocycles. The van der Waals surface area contributed by atoms with Crippen LogP contribution in [0, 0.1) is 0 Å². The number of likely N-dealkylation sites (N-methyl/N-ethyl adjacent to an activating group) is 1. The molecule has 0 rings (SSSR count). The summed E-state index contributed by atoms with van der Waals surface area (Å²) in [5, 5.41) is 11.7. The third kappa shape index (κ3) is 43.1. The summed E-state index contributed by atoms with van der Waals surface area (Å²) >= 11 is 0. The first-order valence-electron chi connectivity index (χ1n) is 26.4. The average molecular weight is 876 g/mol. The SMILES string of the molecule is CCCCC/C=C/C/C=C/CCCCCCCCCC(=O)OCC(COCCC(C(=O)[O-])[N+](C)(C)C)OC(=O)CCCCCCCCCCCCCCCCCCCCCCC. The minimum absolute atomic E-state index is 0.0429. The predicted molar refractivity (Wildman–Crippen MR) is 259 cm³/mol. The molecule has 0 aliphatic heterocycles. The van der Waals surface area contributed by atoms with Gasteiger partial charge in [0.15, 0.2) is 6.10 Å². The highest BCUT2D eigenvalue weighted by Crippen LogP contribution is 2.17. The predicted octanol–water partition coefficient (Wildman–Crippen LogP) is 13.9. The Kier molecular flexibility index (Phi) is 43.8. The zero-order chi connectivity index (χ0) is 45.6. The molecule has 0 aliphatic carbocycles. The van der Waals surface area contributed by atoms with Gasteiger partial charge in [0.1, 0.15) is 12.6 Å². The number of carbonyl (C=O) groups excluding carboxylic acids is 3. The lowest BCUT2D eigenvalue weighted by Crippen LogP contribution is -2.55. The van der Waals surface area contributed by atoms with Crippen molar-refractivity contribution < 1.29 is 38.2 Å². The molecule has 0 aliphatic rings. The van der Waals surface area contributed by atoms with Gasteiger partial charge in [-0.05, 0) is 44.9 Å². The van der Waals surface area contributed by atoms with Crippen molar-refractivity contribution in [2.75, 3.05) is 41.0 Å². The first-order valence-corrected chi connectivity index (χ1v) is 26.4. The number of aliphatic carboxylic acids is 1. The zero-order valence-electron chi connectivity index (χ0n) is 41.6. The number of quaternary nitrogens is 1. The number of ether oxygens (including phenoxy) is 3. The van der Waals surface area contributed by atoms with Gasteiger partial charge in [-0.15, -0.1) is 0 Å². The standard InChI is InChI=1S/C54H101NO7/c1-6-8-10-12-14-16-18-20-22-24-25-26-27-29-31-33-35-37-39-41-43-45-53(57)62-50(48-60-47-46-51(54(58)59)55(3,4)5)49-61-52(56)44-42-40-38-36-34-32-30-28-23-21-19-17-15-13-11-9-7-2/h15,17,21,23,50-51H,6-14,16,18-20,22,24-49H2,1-5H3/b17-15+,23-21+. The molecular formula is C54H101NO7. The van der Waals surface area contributed by atoms with Crippen LogP contribution in [0.1, 0.15) is 251 Å². The van der Waals surface area contributed by atoms with E-state index in [0.29, 0.717) is 12.8 Å². The Morgan fingerprint density at radius 2 is 0.855 bits per heavy atom.